The van der Waals surface area contributed by atoms with Gasteiger partial charge in [-0.25, -0.2) is 0 Å². The standard InChI is InChI=1S/C14H21NO2/c1-16-12-4-6-13(7-5-12)17-11-10-14(15)8-2-3-9-14/h4-7H,2-3,8-11,15H2,1H3. The van der Waals surface area contributed by atoms with Gasteiger partial charge in [0.1, 0.15) is 11.5 Å². The quantitative estimate of drug-likeness (QED) is 0.853. The van der Waals surface area contributed by atoms with Crippen LogP contribution in [-0.2, 0) is 0 Å². The Morgan fingerprint density at radius 1 is 1.12 bits per heavy atom. The van der Waals surface area contributed by atoms with E-state index < -0.39 is 0 Å². The molecule has 0 atom stereocenters. The second kappa shape index (κ2) is 5.41. The summed E-state index contributed by atoms with van der Waals surface area (Å²) in [5.74, 6) is 1.73. The van der Waals surface area contributed by atoms with E-state index in [0.29, 0.717) is 6.61 Å². The molecule has 0 amide bonds. The van der Waals surface area contributed by atoms with Gasteiger partial charge >= 0.3 is 0 Å². The maximum atomic E-state index is 6.27. The molecule has 0 radical (unpaired) electrons. The topological polar surface area (TPSA) is 44.5 Å². The summed E-state index contributed by atoms with van der Waals surface area (Å²) in [7, 11) is 1.66. The number of benzene rings is 1. The van der Waals surface area contributed by atoms with Crippen LogP contribution in [0.5, 0.6) is 11.5 Å². The SMILES string of the molecule is COc1ccc(OCCC2(N)CCCC2)cc1. The summed E-state index contributed by atoms with van der Waals surface area (Å²) in [5.41, 5.74) is 6.29. The van der Waals surface area contributed by atoms with Crippen LogP contribution >= 0.6 is 0 Å². The monoisotopic (exact) mass is 235 g/mol. The van der Waals surface area contributed by atoms with E-state index >= 15 is 0 Å². The molecule has 2 rings (SSSR count). The number of rotatable bonds is 5. The van der Waals surface area contributed by atoms with Gasteiger partial charge in [-0.05, 0) is 43.5 Å². The highest BCUT2D eigenvalue weighted by molar-refractivity contribution is 5.31. The molecule has 1 aromatic carbocycles. The van der Waals surface area contributed by atoms with Gasteiger partial charge in [-0.1, -0.05) is 12.8 Å². The molecule has 0 aromatic heterocycles. The Balaban J connectivity index is 1.77. The first kappa shape index (κ1) is 12.2. The van der Waals surface area contributed by atoms with Crippen molar-refractivity contribution in [2.45, 2.75) is 37.6 Å². The molecule has 0 saturated heterocycles. The van der Waals surface area contributed by atoms with Crippen molar-refractivity contribution in [1.29, 1.82) is 0 Å². The molecule has 2 N–H and O–H groups in total. The Hall–Kier alpha value is -1.22. The van der Waals surface area contributed by atoms with Gasteiger partial charge in [0.2, 0.25) is 0 Å². The lowest BCUT2D eigenvalue weighted by atomic mass is 9.95. The summed E-state index contributed by atoms with van der Waals surface area (Å²) in [4.78, 5) is 0. The average Bonchev–Trinajstić information content (AvgIpc) is 2.77. The van der Waals surface area contributed by atoms with Crippen molar-refractivity contribution in [2.24, 2.45) is 5.73 Å². The summed E-state index contributed by atoms with van der Waals surface area (Å²) in [5, 5.41) is 0. The Kier molecular flexibility index (Phi) is 3.89. The number of methoxy groups -OCH3 is 1. The zero-order valence-corrected chi connectivity index (χ0v) is 10.4. The number of hydrogen-bond acceptors (Lipinski definition) is 3. The molecule has 3 heteroatoms. The molecule has 1 aromatic rings. The van der Waals surface area contributed by atoms with E-state index in [1.807, 2.05) is 24.3 Å². The molecular formula is C14H21NO2. The Morgan fingerprint density at radius 3 is 2.29 bits per heavy atom. The minimum Gasteiger partial charge on any atom is -0.497 e. The van der Waals surface area contributed by atoms with Crippen molar-refractivity contribution >= 4 is 0 Å². The molecule has 1 aliphatic rings. The lowest BCUT2D eigenvalue weighted by Crippen LogP contribution is -2.37. The normalized spacial score (nSPS) is 18.0. The lowest BCUT2D eigenvalue weighted by Gasteiger charge is -2.23. The molecule has 0 bridgehead atoms. The summed E-state index contributed by atoms with van der Waals surface area (Å²) >= 11 is 0. The van der Waals surface area contributed by atoms with Crippen LogP contribution in [0, 0.1) is 0 Å². The maximum absolute atomic E-state index is 6.27. The lowest BCUT2D eigenvalue weighted by molar-refractivity contribution is 0.258. The molecule has 1 fully saturated rings. The molecule has 17 heavy (non-hydrogen) atoms. The highest BCUT2D eigenvalue weighted by atomic mass is 16.5. The van der Waals surface area contributed by atoms with Gasteiger partial charge in [-0.3, -0.25) is 0 Å². The van der Waals surface area contributed by atoms with E-state index in [9.17, 15) is 0 Å². The van der Waals surface area contributed by atoms with Gasteiger partial charge in [-0.15, -0.1) is 0 Å². The molecule has 0 aliphatic heterocycles. The van der Waals surface area contributed by atoms with Gasteiger partial charge in [0, 0.05) is 5.54 Å². The van der Waals surface area contributed by atoms with Crippen molar-refractivity contribution < 1.29 is 9.47 Å². The van der Waals surface area contributed by atoms with Gasteiger partial charge in [0.25, 0.3) is 0 Å². The highest BCUT2D eigenvalue weighted by Crippen LogP contribution is 2.30. The fourth-order valence-electron chi connectivity index (χ4n) is 2.37. The first-order valence-electron chi connectivity index (χ1n) is 6.28. The van der Waals surface area contributed by atoms with Gasteiger partial charge in [0.15, 0.2) is 0 Å². The molecule has 0 heterocycles. The third kappa shape index (κ3) is 3.37. The molecule has 3 nitrogen and oxygen atoms in total. The van der Waals surface area contributed by atoms with E-state index in [-0.39, 0.29) is 5.54 Å². The van der Waals surface area contributed by atoms with E-state index in [0.717, 1.165) is 30.8 Å². The summed E-state index contributed by atoms with van der Waals surface area (Å²) in [6, 6.07) is 7.67. The van der Waals surface area contributed by atoms with Gasteiger partial charge in [-0.2, -0.15) is 0 Å². The van der Waals surface area contributed by atoms with E-state index in [4.69, 9.17) is 15.2 Å². The summed E-state index contributed by atoms with van der Waals surface area (Å²) < 4.78 is 10.8. The smallest absolute Gasteiger partial charge is 0.119 e. The minimum absolute atomic E-state index is 0.0203. The molecule has 1 aliphatic carbocycles. The second-order valence-corrected chi connectivity index (χ2v) is 4.84. The largest absolute Gasteiger partial charge is 0.497 e. The van der Waals surface area contributed by atoms with Crippen LogP contribution in [0.15, 0.2) is 24.3 Å². The van der Waals surface area contributed by atoms with Gasteiger partial charge < -0.3 is 15.2 Å². The molecule has 0 unspecified atom stereocenters. The zero-order valence-electron chi connectivity index (χ0n) is 10.4. The Labute approximate surface area is 103 Å². The predicted molar refractivity (Wildman–Crippen MR) is 68.5 cm³/mol. The fraction of sp³-hybridized carbons (Fsp3) is 0.571. The Bertz CT molecular complexity index is 342. The average molecular weight is 235 g/mol. The summed E-state index contributed by atoms with van der Waals surface area (Å²) in [6.07, 6.45) is 5.75. The second-order valence-electron chi connectivity index (χ2n) is 4.84. The molecule has 0 spiro atoms. The van der Waals surface area contributed by atoms with Gasteiger partial charge in [0.05, 0.1) is 13.7 Å². The predicted octanol–water partition coefficient (Wildman–Crippen LogP) is 2.74. The zero-order chi connectivity index (χ0) is 12.1. The van der Waals surface area contributed by atoms with E-state index in [2.05, 4.69) is 0 Å². The van der Waals surface area contributed by atoms with Crippen molar-refractivity contribution in [3.8, 4) is 11.5 Å². The van der Waals surface area contributed by atoms with Crippen LogP contribution < -0.4 is 15.2 Å². The first-order chi connectivity index (χ1) is 8.22. The van der Waals surface area contributed by atoms with Crippen LogP contribution in [0.2, 0.25) is 0 Å². The number of hydrogen-bond donors (Lipinski definition) is 1. The van der Waals surface area contributed by atoms with Crippen molar-refractivity contribution in [1.82, 2.24) is 0 Å². The van der Waals surface area contributed by atoms with Crippen LogP contribution in [0.1, 0.15) is 32.1 Å². The maximum Gasteiger partial charge on any atom is 0.119 e. The van der Waals surface area contributed by atoms with Crippen molar-refractivity contribution in [3.05, 3.63) is 24.3 Å². The molecule has 1 saturated carbocycles. The van der Waals surface area contributed by atoms with Crippen LogP contribution in [0.4, 0.5) is 0 Å². The molecular weight excluding hydrogens is 214 g/mol. The minimum atomic E-state index is 0.0203. The van der Waals surface area contributed by atoms with Crippen LogP contribution in [0.3, 0.4) is 0 Å². The fourth-order valence-corrected chi connectivity index (χ4v) is 2.37. The van der Waals surface area contributed by atoms with E-state index in [1.165, 1.54) is 12.8 Å². The summed E-state index contributed by atoms with van der Waals surface area (Å²) in [6.45, 7) is 0.697. The highest BCUT2D eigenvalue weighted by Gasteiger charge is 2.28. The van der Waals surface area contributed by atoms with Crippen molar-refractivity contribution in [2.75, 3.05) is 13.7 Å². The Morgan fingerprint density at radius 2 is 1.71 bits per heavy atom. The third-order valence-electron chi connectivity index (χ3n) is 3.53. The van der Waals surface area contributed by atoms with E-state index in [1.54, 1.807) is 7.11 Å². The number of ether oxygens (including phenoxy) is 2. The third-order valence-corrected chi connectivity index (χ3v) is 3.53. The first-order valence-corrected chi connectivity index (χ1v) is 6.28. The van der Waals surface area contributed by atoms with Crippen molar-refractivity contribution in [3.63, 3.8) is 0 Å². The molecule has 94 valence electrons. The number of nitrogens with two attached hydrogens (primary N) is 1. The van der Waals surface area contributed by atoms with Crippen LogP contribution in [0.25, 0.3) is 0 Å². The van der Waals surface area contributed by atoms with Crippen LogP contribution in [-0.4, -0.2) is 19.3 Å².